The number of rotatable bonds is 5. The van der Waals surface area contributed by atoms with Gasteiger partial charge in [0.05, 0.1) is 0 Å². The Bertz CT molecular complexity index is 433. The maximum atomic E-state index is 12.1. The summed E-state index contributed by atoms with van der Waals surface area (Å²) in [6.07, 6.45) is 4.90. The molecule has 1 aliphatic rings. The van der Waals surface area contributed by atoms with Crippen molar-refractivity contribution in [3.63, 3.8) is 0 Å². The molecule has 1 aromatic rings. The molecule has 1 fully saturated rings. The summed E-state index contributed by atoms with van der Waals surface area (Å²) >= 11 is 0. The summed E-state index contributed by atoms with van der Waals surface area (Å²) in [6.45, 7) is 6.42. The molecular formula is C17H25NO. The average Bonchev–Trinajstić information content (AvgIpc) is 2.42. The number of carbonyl (C=O) groups is 1. The molecule has 2 heteroatoms. The van der Waals surface area contributed by atoms with Crippen LogP contribution in [-0.4, -0.2) is 18.9 Å². The molecule has 19 heavy (non-hydrogen) atoms. The first-order chi connectivity index (χ1) is 9.15. The minimum atomic E-state index is 0.396. The van der Waals surface area contributed by atoms with Gasteiger partial charge in [-0.25, -0.2) is 0 Å². The summed E-state index contributed by atoms with van der Waals surface area (Å²) in [5.41, 5.74) is 3.68. The molecule has 1 heterocycles. The minimum Gasteiger partial charge on any atom is -0.317 e. The standard InChI is InChI=1S/C17H25NO/c1-13-3-4-14(2)16(11-13)12-17(19)6-5-15-7-9-18-10-8-15/h3-4,11,15,18H,5-10,12H2,1-2H3. The smallest absolute Gasteiger partial charge is 0.137 e. The van der Waals surface area contributed by atoms with Crippen LogP contribution >= 0.6 is 0 Å². The van der Waals surface area contributed by atoms with Gasteiger partial charge in [0.15, 0.2) is 0 Å². The van der Waals surface area contributed by atoms with Crippen LogP contribution < -0.4 is 5.32 Å². The van der Waals surface area contributed by atoms with Crippen LogP contribution in [-0.2, 0) is 11.2 Å². The van der Waals surface area contributed by atoms with Gasteiger partial charge in [-0.1, -0.05) is 23.8 Å². The fraction of sp³-hybridized carbons (Fsp3) is 0.588. The van der Waals surface area contributed by atoms with Crippen LogP contribution in [0.15, 0.2) is 18.2 Å². The first-order valence-electron chi connectivity index (χ1n) is 7.43. The Kier molecular flexibility index (Phi) is 5.15. The summed E-state index contributed by atoms with van der Waals surface area (Å²) in [6, 6.07) is 6.38. The highest BCUT2D eigenvalue weighted by Crippen LogP contribution is 2.19. The van der Waals surface area contributed by atoms with E-state index in [1.165, 1.54) is 29.5 Å². The van der Waals surface area contributed by atoms with E-state index in [0.717, 1.165) is 31.8 Å². The highest BCUT2D eigenvalue weighted by Gasteiger charge is 2.15. The lowest BCUT2D eigenvalue weighted by atomic mass is 9.91. The predicted octanol–water partition coefficient (Wildman–Crippen LogP) is 3.19. The summed E-state index contributed by atoms with van der Waals surface area (Å²) in [5, 5.41) is 3.37. The number of Topliss-reactive ketones (excluding diaryl/α,β-unsaturated/α-hetero) is 1. The first-order valence-corrected chi connectivity index (χ1v) is 7.43. The third-order valence-corrected chi connectivity index (χ3v) is 4.18. The second-order valence-electron chi connectivity index (χ2n) is 5.88. The average molecular weight is 259 g/mol. The largest absolute Gasteiger partial charge is 0.317 e. The molecule has 0 bridgehead atoms. The van der Waals surface area contributed by atoms with Crippen molar-refractivity contribution in [2.45, 2.75) is 46.0 Å². The monoisotopic (exact) mass is 259 g/mol. The van der Waals surface area contributed by atoms with Crippen LogP contribution in [0.3, 0.4) is 0 Å². The highest BCUT2D eigenvalue weighted by atomic mass is 16.1. The third-order valence-electron chi connectivity index (χ3n) is 4.18. The predicted molar refractivity (Wildman–Crippen MR) is 79.5 cm³/mol. The summed E-state index contributed by atoms with van der Waals surface area (Å²) in [4.78, 5) is 12.1. The van der Waals surface area contributed by atoms with Crippen molar-refractivity contribution in [1.82, 2.24) is 5.32 Å². The van der Waals surface area contributed by atoms with Crippen molar-refractivity contribution in [3.8, 4) is 0 Å². The van der Waals surface area contributed by atoms with Crippen LogP contribution in [0, 0.1) is 19.8 Å². The van der Waals surface area contributed by atoms with Crippen molar-refractivity contribution < 1.29 is 4.79 Å². The quantitative estimate of drug-likeness (QED) is 0.880. The van der Waals surface area contributed by atoms with Gasteiger partial charge in [0, 0.05) is 12.8 Å². The van der Waals surface area contributed by atoms with E-state index in [9.17, 15) is 4.79 Å². The first kappa shape index (κ1) is 14.3. The maximum Gasteiger partial charge on any atom is 0.137 e. The number of hydrogen-bond acceptors (Lipinski definition) is 2. The van der Waals surface area contributed by atoms with Gasteiger partial charge in [-0.15, -0.1) is 0 Å². The van der Waals surface area contributed by atoms with Crippen molar-refractivity contribution in [2.24, 2.45) is 5.92 Å². The van der Waals surface area contributed by atoms with E-state index in [-0.39, 0.29) is 0 Å². The lowest BCUT2D eigenvalue weighted by Gasteiger charge is -2.22. The number of nitrogens with one attached hydrogen (secondary N) is 1. The fourth-order valence-corrected chi connectivity index (χ4v) is 2.83. The normalized spacial score (nSPS) is 16.5. The molecule has 1 N–H and O–H groups in total. The molecule has 2 nitrogen and oxygen atoms in total. The van der Waals surface area contributed by atoms with Crippen molar-refractivity contribution >= 4 is 5.78 Å². The van der Waals surface area contributed by atoms with Crippen LogP contribution in [0.4, 0.5) is 0 Å². The lowest BCUT2D eigenvalue weighted by Crippen LogP contribution is -2.28. The van der Waals surface area contributed by atoms with E-state index in [4.69, 9.17) is 0 Å². The van der Waals surface area contributed by atoms with Crippen molar-refractivity contribution in [3.05, 3.63) is 34.9 Å². The van der Waals surface area contributed by atoms with E-state index < -0.39 is 0 Å². The Hall–Kier alpha value is -1.15. The Morgan fingerprint density at radius 3 is 2.74 bits per heavy atom. The Balaban J connectivity index is 1.81. The molecule has 0 unspecified atom stereocenters. The fourth-order valence-electron chi connectivity index (χ4n) is 2.83. The molecular weight excluding hydrogens is 234 g/mol. The topological polar surface area (TPSA) is 29.1 Å². The van der Waals surface area contributed by atoms with E-state index in [1.807, 2.05) is 0 Å². The summed E-state index contributed by atoms with van der Waals surface area (Å²) < 4.78 is 0. The molecule has 1 saturated heterocycles. The van der Waals surface area contributed by atoms with Crippen molar-refractivity contribution in [1.29, 1.82) is 0 Å². The van der Waals surface area contributed by atoms with E-state index in [1.54, 1.807) is 0 Å². The third kappa shape index (κ3) is 4.46. The number of benzene rings is 1. The minimum absolute atomic E-state index is 0.396. The number of hydrogen-bond donors (Lipinski definition) is 1. The van der Waals surface area contributed by atoms with Crippen LogP contribution in [0.25, 0.3) is 0 Å². The SMILES string of the molecule is Cc1ccc(C)c(CC(=O)CCC2CCNCC2)c1. The van der Waals surface area contributed by atoms with Gasteiger partial charge in [0.25, 0.3) is 0 Å². The molecule has 104 valence electrons. The lowest BCUT2D eigenvalue weighted by molar-refractivity contribution is -0.118. The molecule has 1 aromatic carbocycles. The molecule has 0 atom stereocenters. The molecule has 0 spiro atoms. The molecule has 0 saturated carbocycles. The van der Waals surface area contributed by atoms with Crippen LogP contribution in [0.5, 0.6) is 0 Å². The van der Waals surface area contributed by atoms with Gasteiger partial charge in [-0.05, 0) is 63.2 Å². The molecule has 0 aliphatic carbocycles. The molecule has 0 aromatic heterocycles. The molecule has 0 radical (unpaired) electrons. The van der Waals surface area contributed by atoms with Gasteiger partial charge < -0.3 is 5.32 Å². The number of ketones is 1. The number of carbonyl (C=O) groups excluding carboxylic acids is 1. The number of piperidine rings is 1. The Morgan fingerprint density at radius 2 is 2.00 bits per heavy atom. The zero-order valence-electron chi connectivity index (χ0n) is 12.2. The van der Waals surface area contributed by atoms with Gasteiger partial charge >= 0.3 is 0 Å². The zero-order valence-corrected chi connectivity index (χ0v) is 12.2. The second-order valence-corrected chi connectivity index (χ2v) is 5.88. The zero-order chi connectivity index (χ0) is 13.7. The second kappa shape index (κ2) is 6.85. The van der Waals surface area contributed by atoms with Gasteiger partial charge in [-0.2, -0.15) is 0 Å². The molecule has 1 aliphatic heterocycles. The van der Waals surface area contributed by atoms with Crippen molar-refractivity contribution in [2.75, 3.05) is 13.1 Å². The van der Waals surface area contributed by atoms with E-state index >= 15 is 0 Å². The maximum absolute atomic E-state index is 12.1. The van der Waals surface area contributed by atoms with E-state index in [0.29, 0.717) is 12.2 Å². The molecule has 2 rings (SSSR count). The summed E-state index contributed by atoms with van der Waals surface area (Å²) in [7, 11) is 0. The highest BCUT2D eigenvalue weighted by molar-refractivity contribution is 5.81. The van der Waals surface area contributed by atoms with Crippen LogP contribution in [0.2, 0.25) is 0 Å². The van der Waals surface area contributed by atoms with Gasteiger partial charge in [0.1, 0.15) is 5.78 Å². The van der Waals surface area contributed by atoms with Crippen LogP contribution in [0.1, 0.15) is 42.4 Å². The van der Waals surface area contributed by atoms with E-state index in [2.05, 4.69) is 37.4 Å². The number of aryl methyl sites for hydroxylation is 2. The van der Waals surface area contributed by atoms with Gasteiger partial charge in [-0.3, -0.25) is 4.79 Å². The summed E-state index contributed by atoms with van der Waals surface area (Å²) in [5.74, 6) is 1.15. The Labute approximate surface area is 116 Å². The molecule has 0 amide bonds. The Morgan fingerprint density at radius 1 is 1.26 bits per heavy atom. The van der Waals surface area contributed by atoms with Gasteiger partial charge in [0.2, 0.25) is 0 Å².